The first kappa shape index (κ1) is 28.1. The lowest BCUT2D eigenvalue weighted by Gasteiger charge is -2.22. The van der Waals surface area contributed by atoms with Gasteiger partial charge in [0.2, 0.25) is 0 Å². The maximum atomic E-state index is 13.5. The van der Waals surface area contributed by atoms with Gasteiger partial charge < -0.3 is 10.1 Å². The Balaban J connectivity index is 1.51. The fourth-order valence-electron chi connectivity index (χ4n) is 3.40. The van der Waals surface area contributed by atoms with Crippen LogP contribution in [0.15, 0.2) is 83.5 Å². The lowest BCUT2D eigenvalue weighted by atomic mass is 10.1. The zero-order valence-electron chi connectivity index (χ0n) is 20.2. The van der Waals surface area contributed by atoms with E-state index < -0.39 is 35.3 Å². The fourth-order valence-corrected chi connectivity index (χ4v) is 5.38. The van der Waals surface area contributed by atoms with Crippen molar-refractivity contribution in [3.8, 4) is 10.6 Å². The number of pyridine rings is 2. The van der Waals surface area contributed by atoms with E-state index in [4.69, 9.17) is 0 Å². The number of aromatic nitrogens is 3. The van der Waals surface area contributed by atoms with E-state index in [9.17, 15) is 26.4 Å². The molecule has 1 N–H and O–H groups in total. The molecule has 4 aromatic rings. The highest BCUT2D eigenvalue weighted by atomic mass is 32.2. The SMILES string of the molecule is O=C(CNc1cccc(CN(Cc2ccc(-c3nccs3)cc2)S(=O)(=O)c2ccccn2)n1)OCC(F)(F)F. The van der Waals surface area contributed by atoms with Crippen LogP contribution in [0.2, 0.25) is 0 Å². The highest BCUT2D eigenvalue weighted by Crippen LogP contribution is 2.24. The Morgan fingerprint density at radius 2 is 1.77 bits per heavy atom. The van der Waals surface area contributed by atoms with Crippen LogP contribution >= 0.6 is 11.3 Å². The number of ether oxygens (including phenoxy) is 1. The first-order valence-electron chi connectivity index (χ1n) is 11.4. The van der Waals surface area contributed by atoms with Gasteiger partial charge in [-0.1, -0.05) is 36.4 Å². The van der Waals surface area contributed by atoms with Crippen molar-refractivity contribution in [2.45, 2.75) is 24.3 Å². The smallest absolute Gasteiger partial charge is 0.422 e. The molecule has 0 bridgehead atoms. The highest BCUT2D eigenvalue weighted by molar-refractivity contribution is 7.89. The molecule has 0 saturated heterocycles. The molecule has 0 unspecified atom stereocenters. The monoisotopic (exact) mass is 577 g/mol. The summed E-state index contributed by atoms with van der Waals surface area (Å²) >= 11 is 1.49. The summed E-state index contributed by atoms with van der Waals surface area (Å²) in [5.74, 6) is -0.945. The third-order valence-electron chi connectivity index (χ3n) is 5.19. The Kier molecular flexibility index (Phi) is 8.89. The van der Waals surface area contributed by atoms with E-state index in [2.05, 4.69) is 25.0 Å². The van der Waals surface area contributed by atoms with Crippen LogP contribution in [0.1, 0.15) is 11.3 Å². The van der Waals surface area contributed by atoms with Crippen molar-refractivity contribution < 1.29 is 31.1 Å². The van der Waals surface area contributed by atoms with Gasteiger partial charge in [0.05, 0.1) is 12.2 Å². The summed E-state index contributed by atoms with van der Waals surface area (Å²) in [6.07, 6.45) is -1.54. The van der Waals surface area contributed by atoms with Gasteiger partial charge in [-0.2, -0.15) is 17.5 Å². The summed E-state index contributed by atoms with van der Waals surface area (Å²) < 4.78 is 69.1. The number of halogens is 3. The molecule has 204 valence electrons. The van der Waals surface area contributed by atoms with Crippen molar-refractivity contribution in [2.75, 3.05) is 18.5 Å². The molecule has 3 heterocycles. The lowest BCUT2D eigenvalue weighted by Crippen LogP contribution is -2.31. The maximum Gasteiger partial charge on any atom is 0.422 e. The predicted molar refractivity (Wildman–Crippen MR) is 138 cm³/mol. The first-order chi connectivity index (χ1) is 18.6. The summed E-state index contributed by atoms with van der Waals surface area (Å²) in [6.45, 7) is -2.36. The molecule has 0 saturated carbocycles. The summed E-state index contributed by atoms with van der Waals surface area (Å²) in [7, 11) is -4.04. The van der Waals surface area contributed by atoms with E-state index in [0.29, 0.717) is 5.69 Å². The van der Waals surface area contributed by atoms with Crippen molar-refractivity contribution in [2.24, 2.45) is 0 Å². The Hall–Kier alpha value is -3.88. The zero-order chi connectivity index (χ0) is 27.9. The van der Waals surface area contributed by atoms with Crippen LogP contribution in [-0.4, -0.2) is 53.0 Å². The van der Waals surface area contributed by atoms with Gasteiger partial charge in [-0.15, -0.1) is 11.3 Å². The lowest BCUT2D eigenvalue weighted by molar-refractivity contribution is -0.184. The molecule has 0 aliphatic rings. The number of carbonyl (C=O) groups excluding carboxylic acids is 1. The van der Waals surface area contributed by atoms with Gasteiger partial charge in [-0.3, -0.25) is 4.79 Å². The molecule has 0 aliphatic heterocycles. The van der Waals surface area contributed by atoms with Gasteiger partial charge in [0.15, 0.2) is 11.6 Å². The topological polar surface area (TPSA) is 114 Å². The fraction of sp³-hybridized carbons (Fsp3) is 0.200. The van der Waals surface area contributed by atoms with E-state index in [1.807, 2.05) is 29.6 Å². The molecule has 1 aromatic carbocycles. The van der Waals surface area contributed by atoms with Crippen LogP contribution in [-0.2, 0) is 32.6 Å². The summed E-state index contributed by atoms with van der Waals surface area (Å²) in [5, 5.41) is 5.17. The Labute approximate surface area is 226 Å². The van der Waals surface area contributed by atoms with Gasteiger partial charge in [0, 0.05) is 29.9 Å². The minimum Gasteiger partial charge on any atom is -0.455 e. The molecule has 0 aliphatic carbocycles. The molecule has 0 amide bonds. The minimum atomic E-state index is -4.63. The minimum absolute atomic E-state index is 0.0140. The quantitative estimate of drug-likeness (QED) is 0.259. The van der Waals surface area contributed by atoms with E-state index in [-0.39, 0.29) is 23.9 Å². The Bertz CT molecular complexity index is 1480. The van der Waals surface area contributed by atoms with Gasteiger partial charge in [-0.25, -0.2) is 23.4 Å². The number of rotatable bonds is 11. The number of hydrogen-bond acceptors (Lipinski definition) is 9. The van der Waals surface area contributed by atoms with Crippen molar-refractivity contribution in [1.29, 1.82) is 0 Å². The Morgan fingerprint density at radius 3 is 2.44 bits per heavy atom. The number of anilines is 1. The number of thiazole rings is 1. The van der Waals surface area contributed by atoms with Crippen LogP contribution in [0, 0.1) is 0 Å². The third-order valence-corrected chi connectivity index (χ3v) is 7.72. The van der Waals surface area contributed by atoms with E-state index in [0.717, 1.165) is 16.1 Å². The standard InChI is InChI=1S/C25H22F3N5O4S2/c26-25(27,28)17-37-23(34)14-31-21-5-3-4-20(32-21)16-33(39(35,36)22-6-1-2-11-29-22)15-18-7-9-19(10-8-18)24-30-12-13-38-24/h1-13H,14-17H2,(H,31,32). The maximum absolute atomic E-state index is 13.5. The highest BCUT2D eigenvalue weighted by Gasteiger charge is 2.29. The summed E-state index contributed by atoms with van der Waals surface area (Å²) in [4.78, 5) is 24.2. The number of benzene rings is 1. The second-order valence-corrected chi connectivity index (χ2v) is 10.9. The van der Waals surface area contributed by atoms with Crippen LogP contribution in [0.25, 0.3) is 10.6 Å². The molecule has 39 heavy (non-hydrogen) atoms. The number of nitrogens with zero attached hydrogens (tertiary/aromatic N) is 4. The second-order valence-electron chi connectivity index (χ2n) is 8.12. The van der Waals surface area contributed by atoms with Crippen LogP contribution in [0.5, 0.6) is 0 Å². The summed E-state index contributed by atoms with van der Waals surface area (Å²) in [6, 6.07) is 16.6. The number of carbonyl (C=O) groups is 1. The molecule has 4 rings (SSSR count). The molecule has 0 radical (unpaired) electrons. The van der Waals surface area contributed by atoms with Crippen molar-refractivity contribution >= 4 is 33.1 Å². The molecular weight excluding hydrogens is 555 g/mol. The first-order valence-corrected chi connectivity index (χ1v) is 13.7. The number of nitrogens with one attached hydrogen (secondary N) is 1. The third kappa shape index (κ3) is 8.05. The number of hydrogen-bond donors (Lipinski definition) is 1. The van der Waals surface area contributed by atoms with Crippen LogP contribution in [0.4, 0.5) is 19.0 Å². The molecular formula is C25H22F3N5O4S2. The predicted octanol–water partition coefficient (Wildman–Crippen LogP) is 4.51. The van der Waals surface area contributed by atoms with Gasteiger partial charge in [0.1, 0.15) is 17.4 Å². The molecule has 9 nitrogen and oxygen atoms in total. The molecule has 3 aromatic heterocycles. The molecule has 0 spiro atoms. The molecule has 14 heteroatoms. The van der Waals surface area contributed by atoms with E-state index >= 15 is 0 Å². The van der Waals surface area contributed by atoms with Gasteiger partial charge >= 0.3 is 12.1 Å². The van der Waals surface area contributed by atoms with Crippen molar-refractivity contribution in [1.82, 2.24) is 19.3 Å². The second kappa shape index (κ2) is 12.3. The van der Waals surface area contributed by atoms with Crippen LogP contribution in [0.3, 0.4) is 0 Å². The molecule has 0 atom stereocenters. The number of esters is 1. The van der Waals surface area contributed by atoms with E-state index in [1.165, 1.54) is 34.0 Å². The van der Waals surface area contributed by atoms with Crippen molar-refractivity contribution in [3.63, 3.8) is 0 Å². The average Bonchev–Trinajstić information content (AvgIpc) is 3.46. The van der Waals surface area contributed by atoms with Gasteiger partial charge in [0.25, 0.3) is 10.0 Å². The van der Waals surface area contributed by atoms with Crippen LogP contribution < -0.4 is 5.32 Å². The number of sulfonamides is 1. The van der Waals surface area contributed by atoms with E-state index in [1.54, 1.807) is 30.5 Å². The largest absolute Gasteiger partial charge is 0.455 e. The summed E-state index contributed by atoms with van der Waals surface area (Å²) in [5.41, 5.74) is 1.96. The number of alkyl halides is 3. The van der Waals surface area contributed by atoms with Crippen molar-refractivity contribution in [3.05, 3.63) is 89.7 Å². The van der Waals surface area contributed by atoms with Gasteiger partial charge in [-0.05, 0) is 29.8 Å². The molecule has 0 fully saturated rings. The normalized spacial score (nSPS) is 11.9. The Morgan fingerprint density at radius 1 is 0.974 bits per heavy atom. The average molecular weight is 578 g/mol. The zero-order valence-corrected chi connectivity index (χ0v) is 21.8.